The molecule has 3 saturated heterocycles. The standard InChI is InChI=1S/C59H100N12O11/c1-16-17-18-19-20-21-23-40(62-51(77)45-24-22-28-71(45)52(78)44-33-82-39(8)61-44)47(73)63-42(31-37(4)5)49(75)66-57(11,12)54(80)65-41(30-36(2)3)48(74)64-43(32-38(6)7)50(76)67-58(13,14)55(81)68-56(9,10)53(79)60-27-25-46(72)70-34-59(35-70)26-29-69(59)15/h33,36-38,40-43,45H,16-32,34-35H2,1-15H3,(H,60,79)(H,62,77)(H,63,73)(H,64,74)(H,65,80)(H,66,75)(H,67,76)(H,68,81)/t40-,41-,42-,43-,45-/m0/s1. The molecule has 5 atom stereocenters. The van der Waals surface area contributed by atoms with Crippen LogP contribution in [0, 0.1) is 24.7 Å². The van der Waals surface area contributed by atoms with E-state index in [2.05, 4.69) is 66.4 Å². The van der Waals surface area contributed by atoms with Crippen molar-refractivity contribution in [3.8, 4) is 0 Å². The molecule has 82 heavy (non-hydrogen) atoms. The van der Waals surface area contributed by atoms with Gasteiger partial charge in [0.05, 0.1) is 5.54 Å². The first kappa shape index (κ1) is 68.4. The van der Waals surface area contributed by atoms with Gasteiger partial charge in [0.2, 0.25) is 53.2 Å². The molecule has 3 fully saturated rings. The second-order valence-electron chi connectivity index (χ2n) is 26.0. The summed E-state index contributed by atoms with van der Waals surface area (Å²) in [6.07, 6.45) is 9.74. The number of hydrogen-bond donors (Lipinski definition) is 8. The molecule has 23 nitrogen and oxygen atoms in total. The highest BCUT2D eigenvalue weighted by Crippen LogP contribution is 2.37. The third kappa shape index (κ3) is 19.5. The number of hydrogen-bond acceptors (Lipinski definition) is 13. The van der Waals surface area contributed by atoms with E-state index in [0.29, 0.717) is 44.8 Å². The van der Waals surface area contributed by atoms with Gasteiger partial charge in [-0.3, -0.25) is 52.8 Å². The number of aromatic nitrogens is 1. The van der Waals surface area contributed by atoms with Crippen LogP contribution in [0.3, 0.4) is 0 Å². The summed E-state index contributed by atoms with van der Waals surface area (Å²) in [5.74, 6) is -5.53. The number of amides is 10. The normalized spacial score (nSPS) is 17.7. The van der Waals surface area contributed by atoms with Crippen molar-refractivity contribution in [1.82, 2.24) is 62.2 Å². The minimum atomic E-state index is -1.64. The van der Waals surface area contributed by atoms with E-state index in [9.17, 15) is 47.9 Å². The Labute approximate surface area is 486 Å². The van der Waals surface area contributed by atoms with E-state index in [0.717, 1.165) is 45.1 Å². The zero-order valence-electron chi connectivity index (χ0n) is 51.9. The molecule has 0 aromatic carbocycles. The molecule has 4 heterocycles. The molecular weight excluding hydrogens is 1050 g/mol. The predicted octanol–water partition coefficient (Wildman–Crippen LogP) is 3.52. The first-order valence-corrected chi connectivity index (χ1v) is 29.9. The van der Waals surface area contributed by atoms with Gasteiger partial charge < -0.3 is 56.8 Å². The van der Waals surface area contributed by atoms with Crippen molar-refractivity contribution in [2.75, 3.05) is 39.8 Å². The lowest BCUT2D eigenvalue weighted by Crippen LogP contribution is -2.76. The molecule has 23 heteroatoms. The maximum absolute atomic E-state index is 14.3. The zero-order valence-corrected chi connectivity index (χ0v) is 51.9. The van der Waals surface area contributed by atoms with Gasteiger partial charge in [-0.25, -0.2) is 4.98 Å². The highest BCUT2D eigenvalue weighted by Gasteiger charge is 2.53. The highest BCUT2D eigenvalue weighted by atomic mass is 16.3. The van der Waals surface area contributed by atoms with E-state index in [4.69, 9.17) is 4.42 Å². The van der Waals surface area contributed by atoms with Crippen molar-refractivity contribution in [2.45, 2.75) is 239 Å². The van der Waals surface area contributed by atoms with E-state index in [1.807, 2.05) is 41.5 Å². The summed E-state index contributed by atoms with van der Waals surface area (Å²) < 4.78 is 5.25. The van der Waals surface area contributed by atoms with Gasteiger partial charge in [-0.05, 0) is 111 Å². The summed E-state index contributed by atoms with van der Waals surface area (Å²) in [4.78, 5) is 148. The molecule has 0 radical (unpaired) electrons. The van der Waals surface area contributed by atoms with Crippen LogP contribution >= 0.6 is 0 Å². The monoisotopic (exact) mass is 1150 g/mol. The molecule has 3 aliphatic rings. The van der Waals surface area contributed by atoms with Crippen molar-refractivity contribution >= 4 is 59.1 Å². The summed E-state index contributed by atoms with van der Waals surface area (Å²) >= 11 is 0. The fourth-order valence-electron chi connectivity index (χ4n) is 10.5. The molecule has 0 aliphatic carbocycles. The van der Waals surface area contributed by atoms with Crippen LogP contribution in [-0.2, 0) is 43.2 Å². The van der Waals surface area contributed by atoms with E-state index < -0.39 is 100.0 Å². The number of nitrogens with one attached hydrogen (secondary N) is 8. The Hall–Kier alpha value is -6.13. The topological polar surface area (TPSA) is 303 Å². The number of oxazole rings is 1. The average Bonchev–Trinajstić information content (AvgIpc) is 4.13. The van der Waals surface area contributed by atoms with Crippen molar-refractivity contribution in [1.29, 1.82) is 0 Å². The summed E-state index contributed by atoms with van der Waals surface area (Å²) in [5, 5.41) is 22.3. The lowest BCUT2D eigenvalue weighted by molar-refractivity contribution is -0.156. The summed E-state index contributed by atoms with van der Waals surface area (Å²) in [6, 6.07) is -5.35. The Bertz CT molecular complexity index is 2410. The van der Waals surface area contributed by atoms with Gasteiger partial charge in [-0.1, -0.05) is 87.0 Å². The van der Waals surface area contributed by atoms with E-state index in [-0.39, 0.29) is 73.5 Å². The van der Waals surface area contributed by atoms with Crippen LogP contribution in [0.4, 0.5) is 0 Å². The van der Waals surface area contributed by atoms with Crippen molar-refractivity contribution in [3.63, 3.8) is 0 Å². The maximum Gasteiger partial charge on any atom is 0.276 e. The molecular formula is C59H100N12O11. The molecule has 1 spiro atoms. The van der Waals surface area contributed by atoms with Crippen LogP contribution in [0.25, 0.3) is 0 Å². The van der Waals surface area contributed by atoms with Gasteiger partial charge in [-0.2, -0.15) is 0 Å². The quantitative estimate of drug-likeness (QED) is 0.0480. The van der Waals surface area contributed by atoms with Crippen LogP contribution in [0.15, 0.2) is 10.7 Å². The van der Waals surface area contributed by atoms with Crippen LogP contribution < -0.4 is 42.5 Å². The van der Waals surface area contributed by atoms with Crippen LogP contribution in [0.2, 0.25) is 0 Å². The molecule has 1 aromatic heterocycles. The van der Waals surface area contributed by atoms with Gasteiger partial charge in [-0.15, -0.1) is 0 Å². The maximum atomic E-state index is 14.3. The SMILES string of the molecule is CCCCCCCC[C@H](NC(=O)[C@@H]1CCCN1C(=O)c1coc(C)n1)C(=O)N[C@@H](CC(C)C)C(=O)NC(C)(C)C(=O)N[C@@H](CC(C)C)C(=O)N[C@@H](CC(C)C)C(=O)NC(C)(C)C(=O)NC(C)(C)C(=O)NCCC(=O)N1CC2(CCN2C)C1. The van der Waals surface area contributed by atoms with Crippen LogP contribution in [0.1, 0.15) is 196 Å². The second kappa shape index (κ2) is 29.9. The number of carbonyl (C=O) groups is 10. The molecule has 0 unspecified atom stereocenters. The number of unbranched alkanes of at least 4 members (excludes halogenated alkanes) is 5. The van der Waals surface area contributed by atoms with E-state index >= 15 is 0 Å². The number of likely N-dealkylation sites (tertiary alicyclic amines) is 3. The second-order valence-corrected chi connectivity index (χ2v) is 26.0. The minimum Gasteiger partial charge on any atom is -0.448 e. The Morgan fingerprint density at radius 1 is 0.646 bits per heavy atom. The predicted molar refractivity (Wildman–Crippen MR) is 310 cm³/mol. The average molecular weight is 1150 g/mol. The van der Waals surface area contributed by atoms with Gasteiger partial charge in [0.15, 0.2) is 11.6 Å². The van der Waals surface area contributed by atoms with Gasteiger partial charge >= 0.3 is 0 Å². The van der Waals surface area contributed by atoms with Crippen molar-refractivity contribution in [2.24, 2.45) is 17.8 Å². The van der Waals surface area contributed by atoms with Crippen LogP contribution in [0.5, 0.6) is 0 Å². The molecule has 3 aliphatic heterocycles. The minimum absolute atomic E-state index is 0.0565. The number of carbonyl (C=O) groups excluding carboxylic acids is 10. The molecule has 4 rings (SSSR count). The first-order valence-electron chi connectivity index (χ1n) is 29.9. The van der Waals surface area contributed by atoms with Gasteiger partial charge in [0.25, 0.3) is 5.91 Å². The van der Waals surface area contributed by atoms with Gasteiger partial charge in [0.1, 0.15) is 53.1 Å². The lowest BCUT2D eigenvalue weighted by atomic mass is 9.78. The summed E-state index contributed by atoms with van der Waals surface area (Å²) in [7, 11) is 2.05. The fourth-order valence-corrected chi connectivity index (χ4v) is 10.5. The Balaban J connectivity index is 1.40. The zero-order chi connectivity index (χ0) is 61.5. The Morgan fingerprint density at radius 3 is 1.66 bits per heavy atom. The Morgan fingerprint density at radius 2 is 1.16 bits per heavy atom. The lowest BCUT2D eigenvalue weighted by Gasteiger charge is -2.61. The van der Waals surface area contributed by atoms with Crippen LogP contribution in [-0.4, -0.2) is 171 Å². The molecule has 462 valence electrons. The molecule has 10 amide bonds. The number of rotatable bonds is 32. The first-order chi connectivity index (χ1) is 38.2. The van der Waals surface area contributed by atoms with E-state index in [1.54, 1.807) is 11.8 Å². The molecule has 8 N–H and O–H groups in total. The molecule has 1 aromatic rings. The van der Waals surface area contributed by atoms with Gasteiger partial charge in [0, 0.05) is 46.1 Å². The number of aryl methyl sites for hydroxylation is 1. The number of likely N-dealkylation sites (N-methyl/N-ethyl adjacent to an activating group) is 1. The smallest absolute Gasteiger partial charge is 0.276 e. The largest absolute Gasteiger partial charge is 0.448 e. The Kier molecular flexibility index (Phi) is 24.9. The summed E-state index contributed by atoms with van der Waals surface area (Å²) in [5.41, 5.74) is -4.48. The van der Waals surface area contributed by atoms with E-state index in [1.165, 1.54) is 52.7 Å². The summed E-state index contributed by atoms with van der Waals surface area (Å²) in [6.45, 7) is 26.6. The van der Waals surface area contributed by atoms with Crippen molar-refractivity contribution < 1.29 is 52.4 Å². The number of nitrogens with zero attached hydrogens (tertiary/aromatic N) is 4. The third-order valence-corrected chi connectivity index (χ3v) is 15.8. The molecule has 0 bridgehead atoms. The highest BCUT2D eigenvalue weighted by molar-refractivity contribution is 6.00. The molecule has 0 saturated carbocycles. The third-order valence-electron chi connectivity index (χ3n) is 15.8. The fraction of sp³-hybridized carbons (Fsp3) is 0.780. The van der Waals surface area contributed by atoms with Crippen molar-refractivity contribution in [3.05, 3.63) is 17.8 Å².